The molecule has 0 aromatic heterocycles. The van der Waals surface area contributed by atoms with E-state index >= 15 is 0 Å². The van der Waals surface area contributed by atoms with Gasteiger partial charge in [-0.05, 0) is 51.4 Å². The second-order valence-corrected chi connectivity index (χ2v) is 9.71. The predicted octanol–water partition coefficient (Wildman–Crippen LogP) is 2.21. The Morgan fingerprint density at radius 3 is 0.889 bits per heavy atom. The summed E-state index contributed by atoms with van der Waals surface area (Å²) in [5.41, 5.74) is 0. The molecule has 0 saturated heterocycles. The number of quaternary nitrogens is 1. The zero-order valence-corrected chi connectivity index (χ0v) is 21.9. The van der Waals surface area contributed by atoms with E-state index in [0.29, 0.717) is 0 Å². The van der Waals surface area contributed by atoms with E-state index in [-0.39, 0.29) is 17.0 Å². The van der Waals surface area contributed by atoms with E-state index in [1.807, 2.05) is 0 Å². The topological polar surface area (TPSA) is 74.6 Å². The van der Waals surface area contributed by atoms with Crippen LogP contribution in [-0.2, 0) is 23.5 Å². The Kier molecular flexibility index (Phi) is 25.6. The molecule has 0 aromatic carbocycles. The van der Waals surface area contributed by atoms with E-state index in [2.05, 4.69) is 27.7 Å². The van der Waals surface area contributed by atoms with Crippen LogP contribution >= 0.6 is 0 Å². The molecule has 2 N–H and O–H groups in total. The van der Waals surface area contributed by atoms with Gasteiger partial charge >= 0.3 is 31.1 Å². The van der Waals surface area contributed by atoms with Crippen molar-refractivity contribution in [3.05, 3.63) is 0 Å². The SMILES string of the molecule is CCCCC[N+](CCCCC)(CCCCC)CCCCC.[Br-].[O]=[Mo](=[O])([OH])[OH]. The molecule has 7 heteroatoms. The third-order valence-corrected chi connectivity index (χ3v) is 4.94. The number of halogens is 1. The van der Waals surface area contributed by atoms with Crippen LogP contribution in [0, 0.1) is 0 Å². The Morgan fingerprint density at radius 1 is 0.556 bits per heavy atom. The van der Waals surface area contributed by atoms with Gasteiger partial charge in [-0.2, -0.15) is 0 Å². The molecule has 27 heavy (non-hydrogen) atoms. The van der Waals surface area contributed by atoms with Crippen LogP contribution in [0.1, 0.15) is 105 Å². The molecule has 0 amide bonds. The molecule has 0 aliphatic heterocycles. The summed E-state index contributed by atoms with van der Waals surface area (Å²) in [5.74, 6) is 0. The molecule has 168 valence electrons. The Morgan fingerprint density at radius 2 is 0.741 bits per heavy atom. The second-order valence-electron chi connectivity index (χ2n) is 7.51. The molecule has 0 aromatic rings. The van der Waals surface area contributed by atoms with Gasteiger partial charge in [0.15, 0.2) is 0 Å². The van der Waals surface area contributed by atoms with Crippen LogP contribution in [0.2, 0.25) is 0 Å². The molecule has 0 spiro atoms. The molecule has 0 fully saturated rings. The number of nitrogens with zero attached hydrogens (tertiary/aromatic N) is 1. The van der Waals surface area contributed by atoms with Gasteiger partial charge in [0.2, 0.25) is 0 Å². The molecule has 0 heterocycles. The summed E-state index contributed by atoms with van der Waals surface area (Å²) in [6, 6.07) is 0. The van der Waals surface area contributed by atoms with Gasteiger partial charge in [-0.15, -0.1) is 0 Å². The van der Waals surface area contributed by atoms with Gasteiger partial charge in [0.1, 0.15) is 0 Å². The quantitative estimate of drug-likeness (QED) is 0.179. The molecule has 0 unspecified atom stereocenters. The second kappa shape index (κ2) is 21.4. The third kappa shape index (κ3) is 26.6. The van der Waals surface area contributed by atoms with Crippen molar-refractivity contribution in [2.75, 3.05) is 26.2 Å². The monoisotopic (exact) mass is 541 g/mol. The van der Waals surface area contributed by atoms with Gasteiger partial charge in [0.05, 0.1) is 26.2 Å². The molecule has 0 atom stereocenters. The summed E-state index contributed by atoms with van der Waals surface area (Å²) >= 11 is -5.52. The van der Waals surface area contributed by atoms with Crippen molar-refractivity contribution in [3.63, 3.8) is 0 Å². The van der Waals surface area contributed by atoms with E-state index in [0.717, 1.165) is 0 Å². The van der Waals surface area contributed by atoms with E-state index in [1.54, 1.807) is 0 Å². The molecule has 0 rings (SSSR count). The van der Waals surface area contributed by atoms with Crippen molar-refractivity contribution >= 4 is 0 Å². The summed E-state index contributed by atoms with van der Waals surface area (Å²) in [6.07, 6.45) is 16.9. The molecular formula is C20H46BrMoNO4. The summed E-state index contributed by atoms with van der Waals surface area (Å²) < 4.78 is 33.5. The normalized spacial score (nSPS) is 11.5. The molecule has 0 aliphatic rings. The van der Waals surface area contributed by atoms with Crippen LogP contribution < -0.4 is 17.0 Å². The first-order valence-corrected chi connectivity index (χ1v) is 14.2. The van der Waals surface area contributed by atoms with Crippen LogP contribution in [0.25, 0.3) is 0 Å². The van der Waals surface area contributed by atoms with Gasteiger partial charge < -0.3 is 21.5 Å². The standard InChI is InChI=1S/C20H44N.BrH.Mo.2H2O.2O/c1-5-9-13-17-21(18-14-10-6-2,19-15-11-7-3)20-16-12-8-4;;;;;;/h5-20H2,1-4H3;1H;;2*1H2;;/q+1;;+2;;;;/p-3. The molecule has 0 radical (unpaired) electrons. The number of hydrogen-bond donors (Lipinski definition) is 2. The summed E-state index contributed by atoms with van der Waals surface area (Å²) in [6.45, 7) is 15.1. The summed E-state index contributed by atoms with van der Waals surface area (Å²) in [7, 11) is 0. The first-order chi connectivity index (χ1) is 12.2. The minimum atomic E-state index is -5.52. The van der Waals surface area contributed by atoms with Crippen molar-refractivity contribution < 1.29 is 52.5 Å². The van der Waals surface area contributed by atoms with Crippen LogP contribution in [0.5, 0.6) is 0 Å². The van der Waals surface area contributed by atoms with Gasteiger partial charge in [0.25, 0.3) is 0 Å². The van der Waals surface area contributed by atoms with E-state index < -0.39 is 16.7 Å². The average molecular weight is 540 g/mol. The van der Waals surface area contributed by atoms with Crippen LogP contribution in [-0.4, -0.2) is 38.2 Å². The zero-order valence-electron chi connectivity index (χ0n) is 18.3. The predicted molar refractivity (Wildman–Crippen MR) is 104 cm³/mol. The van der Waals surface area contributed by atoms with Gasteiger partial charge in [-0.1, -0.05) is 53.4 Å². The van der Waals surface area contributed by atoms with Crippen molar-refractivity contribution in [2.45, 2.75) is 105 Å². The Labute approximate surface area is 183 Å². The maximum atomic E-state index is 8.85. The molecule has 0 aliphatic carbocycles. The van der Waals surface area contributed by atoms with Crippen LogP contribution in [0.3, 0.4) is 0 Å². The van der Waals surface area contributed by atoms with Crippen LogP contribution in [0.15, 0.2) is 0 Å². The summed E-state index contributed by atoms with van der Waals surface area (Å²) in [5, 5.41) is 0. The van der Waals surface area contributed by atoms with Gasteiger partial charge in [0, 0.05) is 0 Å². The molecule has 0 saturated carbocycles. The van der Waals surface area contributed by atoms with Crippen molar-refractivity contribution in [1.29, 1.82) is 0 Å². The maximum absolute atomic E-state index is 8.85. The third-order valence-electron chi connectivity index (χ3n) is 4.94. The fraction of sp³-hybridized carbons (Fsp3) is 1.00. The van der Waals surface area contributed by atoms with Crippen molar-refractivity contribution in [3.8, 4) is 0 Å². The van der Waals surface area contributed by atoms with E-state index in [4.69, 9.17) is 14.3 Å². The van der Waals surface area contributed by atoms with E-state index in [1.165, 1.54) is 108 Å². The molecule has 5 nitrogen and oxygen atoms in total. The first kappa shape index (κ1) is 32.3. The van der Waals surface area contributed by atoms with Crippen molar-refractivity contribution in [1.82, 2.24) is 0 Å². The van der Waals surface area contributed by atoms with Gasteiger partial charge in [-0.25, -0.2) is 0 Å². The Bertz CT molecular complexity index is 338. The van der Waals surface area contributed by atoms with Crippen molar-refractivity contribution in [2.24, 2.45) is 0 Å². The first-order valence-electron chi connectivity index (χ1n) is 10.8. The summed E-state index contributed by atoms with van der Waals surface area (Å²) in [4.78, 5) is 0. The van der Waals surface area contributed by atoms with Gasteiger partial charge in [-0.3, -0.25) is 0 Å². The fourth-order valence-corrected chi connectivity index (χ4v) is 3.46. The Balaban J connectivity index is -0.000000844. The number of unbranched alkanes of at least 4 members (excludes halogenated alkanes) is 8. The van der Waals surface area contributed by atoms with Crippen LogP contribution in [0.4, 0.5) is 0 Å². The molecular weight excluding hydrogens is 494 g/mol. The number of rotatable bonds is 16. The minimum absolute atomic E-state index is 0. The van der Waals surface area contributed by atoms with E-state index in [9.17, 15) is 0 Å². The zero-order chi connectivity index (χ0) is 20.3. The molecule has 0 bridgehead atoms. The fourth-order valence-electron chi connectivity index (χ4n) is 3.46. The Hall–Kier alpha value is 0.648. The average Bonchev–Trinajstić information content (AvgIpc) is 2.54. The number of hydrogen-bond acceptors (Lipinski definition) is 2.